The molecule has 3 N–H and O–H groups in total. The number of halogens is 1. The van der Waals surface area contributed by atoms with Crippen molar-refractivity contribution in [3.63, 3.8) is 0 Å². The summed E-state index contributed by atoms with van der Waals surface area (Å²) >= 11 is 6.28. The minimum atomic E-state index is -3.68. The van der Waals surface area contributed by atoms with E-state index < -0.39 is 21.1 Å². The van der Waals surface area contributed by atoms with Crippen molar-refractivity contribution in [2.75, 3.05) is 10.6 Å². The third-order valence-electron chi connectivity index (χ3n) is 4.51. The van der Waals surface area contributed by atoms with Gasteiger partial charge in [0, 0.05) is 11.6 Å². The number of hydrogen-bond acceptors (Lipinski definition) is 6. The van der Waals surface area contributed by atoms with E-state index in [4.69, 9.17) is 16.4 Å². The van der Waals surface area contributed by atoms with Crippen LogP contribution in [0.5, 0.6) is 5.75 Å². The van der Waals surface area contributed by atoms with Gasteiger partial charge in [0.05, 0.1) is 21.3 Å². The van der Waals surface area contributed by atoms with Crippen molar-refractivity contribution in [1.82, 2.24) is 0 Å². The first kappa shape index (κ1) is 24.9. The van der Waals surface area contributed by atoms with Crippen LogP contribution in [0.2, 0.25) is 5.02 Å². The smallest absolute Gasteiger partial charge is 0.255 e. The van der Waals surface area contributed by atoms with E-state index in [0.717, 1.165) is 5.56 Å². The first-order valence-corrected chi connectivity index (χ1v) is 11.4. The van der Waals surface area contributed by atoms with E-state index in [1.165, 1.54) is 25.1 Å². The molecular formula is C23H23ClN2O5S. The third-order valence-corrected chi connectivity index (χ3v) is 6.78. The zero-order valence-electron chi connectivity index (χ0n) is 17.5. The van der Waals surface area contributed by atoms with Gasteiger partial charge in [-0.1, -0.05) is 41.9 Å². The highest BCUT2D eigenvalue weighted by Crippen LogP contribution is 2.35. The number of carbonyl (C=O) groups is 2. The van der Waals surface area contributed by atoms with E-state index in [1.807, 2.05) is 19.8 Å². The average molecular weight is 475 g/mol. The van der Waals surface area contributed by atoms with Gasteiger partial charge in [-0.2, -0.15) is 0 Å². The van der Waals surface area contributed by atoms with E-state index in [9.17, 15) is 18.3 Å². The maximum Gasteiger partial charge on any atom is 0.255 e. The van der Waals surface area contributed by atoms with Gasteiger partial charge in [0.15, 0.2) is 9.84 Å². The van der Waals surface area contributed by atoms with Gasteiger partial charge in [-0.3, -0.25) is 4.79 Å². The Kier molecular flexibility index (Phi) is 8.40. The molecule has 1 atom stereocenters. The number of benzene rings is 3. The van der Waals surface area contributed by atoms with Crippen LogP contribution in [0, 0.1) is 6.92 Å². The molecule has 0 radical (unpaired) electrons. The van der Waals surface area contributed by atoms with Crippen LogP contribution in [0.25, 0.3) is 0 Å². The molecule has 7 nitrogen and oxygen atoms in total. The maximum absolute atomic E-state index is 12.8. The molecule has 0 aromatic heterocycles. The standard InChI is InChI=1S/C22H21ClN2O4S.CH2O/c1-14-7-6-10-17(11-14)30(28,29)15(2)24-19-13-21(26)20(12-18(19)23)25-22(27)16-8-4-3-5-9-16;1-2/h3-13,15,24,26H,1-2H3,(H,25,27);1H2. The van der Waals surface area contributed by atoms with Gasteiger partial charge in [0.25, 0.3) is 5.91 Å². The largest absolute Gasteiger partial charge is 0.506 e. The lowest BCUT2D eigenvalue weighted by Crippen LogP contribution is -2.26. The van der Waals surface area contributed by atoms with E-state index in [0.29, 0.717) is 5.56 Å². The Hall–Kier alpha value is -3.36. The fraction of sp³-hybridized carbons (Fsp3) is 0.130. The van der Waals surface area contributed by atoms with Gasteiger partial charge in [-0.15, -0.1) is 0 Å². The topological polar surface area (TPSA) is 113 Å². The fourth-order valence-electron chi connectivity index (χ4n) is 2.85. The normalized spacial score (nSPS) is 11.6. The minimum Gasteiger partial charge on any atom is -0.506 e. The number of hydrogen-bond donors (Lipinski definition) is 3. The van der Waals surface area contributed by atoms with E-state index >= 15 is 0 Å². The number of nitrogens with one attached hydrogen (secondary N) is 2. The van der Waals surface area contributed by atoms with Crippen molar-refractivity contribution >= 4 is 45.5 Å². The lowest BCUT2D eigenvalue weighted by atomic mass is 10.2. The number of phenols is 1. The van der Waals surface area contributed by atoms with Crippen LogP contribution >= 0.6 is 11.6 Å². The van der Waals surface area contributed by atoms with Crippen LogP contribution in [0.3, 0.4) is 0 Å². The Bertz CT molecular complexity index is 1200. The van der Waals surface area contributed by atoms with Gasteiger partial charge >= 0.3 is 0 Å². The molecule has 0 heterocycles. The van der Waals surface area contributed by atoms with Gasteiger partial charge in [0.2, 0.25) is 0 Å². The summed E-state index contributed by atoms with van der Waals surface area (Å²) in [6.07, 6.45) is 0. The molecule has 0 saturated carbocycles. The first-order chi connectivity index (χ1) is 15.2. The molecule has 1 unspecified atom stereocenters. The van der Waals surface area contributed by atoms with E-state index in [-0.39, 0.29) is 27.0 Å². The molecule has 3 aromatic carbocycles. The molecule has 0 spiro atoms. The second-order valence-corrected chi connectivity index (χ2v) is 9.49. The highest BCUT2D eigenvalue weighted by atomic mass is 35.5. The molecule has 168 valence electrons. The third kappa shape index (κ3) is 5.87. The number of phenolic OH excluding ortho intramolecular Hbond substituents is 1. The number of carbonyl (C=O) groups excluding carboxylic acids is 2. The van der Waals surface area contributed by atoms with E-state index in [2.05, 4.69) is 10.6 Å². The molecule has 9 heteroatoms. The lowest BCUT2D eigenvalue weighted by molar-refractivity contribution is -0.0980. The quantitative estimate of drug-likeness (QED) is 0.448. The number of aryl methyl sites for hydroxylation is 1. The Morgan fingerprint density at radius 2 is 1.66 bits per heavy atom. The highest BCUT2D eigenvalue weighted by molar-refractivity contribution is 7.92. The molecule has 0 fully saturated rings. The second-order valence-electron chi connectivity index (χ2n) is 6.82. The van der Waals surface area contributed by atoms with Crippen molar-refractivity contribution in [3.05, 3.63) is 82.9 Å². The summed E-state index contributed by atoms with van der Waals surface area (Å²) < 4.78 is 25.7. The Morgan fingerprint density at radius 1 is 1.00 bits per heavy atom. The molecule has 3 rings (SSSR count). The van der Waals surface area contributed by atoms with Crippen LogP contribution in [-0.2, 0) is 14.6 Å². The predicted octanol–water partition coefficient (Wildman–Crippen LogP) is 4.65. The summed E-state index contributed by atoms with van der Waals surface area (Å²) in [5.41, 5.74) is 1.61. The molecule has 0 bridgehead atoms. The van der Waals surface area contributed by atoms with Crippen LogP contribution in [0.4, 0.5) is 11.4 Å². The molecule has 0 aliphatic heterocycles. The molecule has 0 aliphatic carbocycles. The van der Waals surface area contributed by atoms with Crippen molar-refractivity contribution in [1.29, 1.82) is 0 Å². The number of sulfone groups is 1. The predicted molar refractivity (Wildman–Crippen MR) is 126 cm³/mol. The summed E-state index contributed by atoms with van der Waals surface area (Å²) in [4.78, 5) is 20.5. The fourth-order valence-corrected chi connectivity index (χ4v) is 4.38. The van der Waals surface area contributed by atoms with Crippen molar-refractivity contribution in [3.8, 4) is 5.75 Å². The first-order valence-electron chi connectivity index (χ1n) is 9.43. The Balaban J connectivity index is 0.00000176. The molecule has 3 aromatic rings. The van der Waals surface area contributed by atoms with Crippen LogP contribution in [0.1, 0.15) is 22.8 Å². The van der Waals surface area contributed by atoms with Crippen LogP contribution < -0.4 is 10.6 Å². The second kappa shape index (κ2) is 10.8. The average Bonchev–Trinajstić information content (AvgIpc) is 2.79. The summed E-state index contributed by atoms with van der Waals surface area (Å²) in [6, 6.07) is 17.8. The number of rotatable bonds is 6. The SMILES string of the molecule is C=O.Cc1cccc(S(=O)(=O)C(C)Nc2cc(O)c(NC(=O)c3ccccc3)cc2Cl)c1. The van der Waals surface area contributed by atoms with Crippen molar-refractivity contribution in [2.24, 2.45) is 0 Å². The van der Waals surface area contributed by atoms with Gasteiger partial charge in [-0.05, 0) is 49.7 Å². The molecule has 0 aliphatic rings. The summed E-state index contributed by atoms with van der Waals surface area (Å²) in [5, 5.41) is 14.9. The monoisotopic (exact) mass is 474 g/mol. The van der Waals surface area contributed by atoms with Crippen LogP contribution in [0.15, 0.2) is 71.6 Å². The lowest BCUT2D eigenvalue weighted by Gasteiger charge is -2.18. The highest BCUT2D eigenvalue weighted by Gasteiger charge is 2.24. The van der Waals surface area contributed by atoms with Gasteiger partial charge in [-0.25, -0.2) is 8.42 Å². The Morgan fingerprint density at radius 3 is 2.28 bits per heavy atom. The van der Waals surface area contributed by atoms with Gasteiger partial charge < -0.3 is 20.5 Å². The number of anilines is 2. The molecule has 1 amide bonds. The van der Waals surface area contributed by atoms with Crippen LogP contribution in [-0.4, -0.2) is 31.6 Å². The molecule has 32 heavy (non-hydrogen) atoms. The maximum atomic E-state index is 12.8. The van der Waals surface area contributed by atoms with Crippen molar-refractivity contribution in [2.45, 2.75) is 24.1 Å². The zero-order chi connectivity index (χ0) is 23.9. The summed E-state index contributed by atoms with van der Waals surface area (Å²) in [6.45, 7) is 5.31. The summed E-state index contributed by atoms with van der Waals surface area (Å²) in [5.74, 6) is -0.649. The Labute approximate surface area is 192 Å². The van der Waals surface area contributed by atoms with E-state index in [1.54, 1.807) is 42.5 Å². The molecule has 0 saturated heterocycles. The van der Waals surface area contributed by atoms with Gasteiger partial charge in [0.1, 0.15) is 17.9 Å². The minimum absolute atomic E-state index is 0.119. The summed E-state index contributed by atoms with van der Waals surface area (Å²) in [7, 11) is -3.68. The molecular weight excluding hydrogens is 452 g/mol. The number of aromatic hydroxyl groups is 1. The van der Waals surface area contributed by atoms with Crippen molar-refractivity contribution < 1.29 is 23.1 Å². The zero-order valence-corrected chi connectivity index (χ0v) is 19.1. The number of amides is 1.